The second-order valence-corrected chi connectivity index (χ2v) is 1.47. The summed E-state index contributed by atoms with van der Waals surface area (Å²) in [6.07, 6.45) is 7.01. The molecule has 0 unspecified atom stereocenters. The van der Waals surface area contributed by atoms with E-state index < -0.39 is 0 Å². The SMILES string of the molecule is COC1=CC=CC1.[H-].[Na+]. The second-order valence-electron chi connectivity index (χ2n) is 1.47. The molecule has 8 heavy (non-hydrogen) atoms. The molecule has 0 N–H and O–H groups in total. The van der Waals surface area contributed by atoms with Gasteiger partial charge in [0.2, 0.25) is 0 Å². The van der Waals surface area contributed by atoms with Crippen LogP contribution in [0.1, 0.15) is 7.85 Å². The molecule has 0 heterocycles. The smallest absolute Gasteiger partial charge is 1.00 e. The van der Waals surface area contributed by atoms with E-state index in [9.17, 15) is 0 Å². The number of rotatable bonds is 1. The van der Waals surface area contributed by atoms with Crippen molar-refractivity contribution in [3.63, 3.8) is 0 Å². The number of methoxy groups -OCH3 is 1. The molecule has 0 aromatic heterocycles. The Hall–Kier alpha value is 0.280. The minimum atomic E-state index is 0. The van der Waals surface area contributed by atoms with Gasteiger partial charge in [0.15, 0.2) is 0 Å². The van der Waals surface area contributed by atoms with Crippen LogP contribution in [0.25, 0.3) is 0 Å². The monoisotopic (exact) mass is 120 g/mol. The molecule has 1 rings (SSSR count). The van der Waals surface area contributed by atoms with Crippen molar-refractivity contribution < 1.29 is 35.7 Å². The van der Waals surface area contributed by atoms with Crippen molar-refractivity contribution in [1.29, 1.82) is 0 Å². The van der Waals surface area contributed by atoms with E-state index in [1.165, 1.54) is 0 Å². The van der Waals surface area contributed by atoms with E-state index in [1.54, 1.807) is 7.11 Å². The van der Waals surface area contributed by atoms with Gasteiger partial charge in [-0.2, -0.15) is 0 Å². The minimum absolute atomic E-state index is 0. The van der Waals surface area contributed by atoms with Crippen LogP contribution >= 0.6 is 0 Å². The summed E-state index contributed by atoms with van der Waals surface area (Å²) in [5.41, 5.74) is 0. The van der Waals surface area contributed by atoms with Gasteiger partial charge in [-0.05, 0) is 6.08 Å². The predicted octanol–water partition coefficient (Wildman–Crippen LogP) is -1.41. The largest absolute Gasteiger partial charge is 1.00 e. The molecule has 0 saturated heterocycles. The average molecular weight is 120 g/mol. The first-order valence-electron chi connectivity index (χ1n) is 2.33. The molecule has 0 atom stereocenters. The Morgan fingerprint density at radius 3 is 2.75 bits per heavy atom. The predicted molar refractivity (Wildman–Crippen MR) is 30.0 cm³/mol. The fourth-order valence-corrected chi connectivity index (χ4v) is 0.579. The van der Waals surface area contributed by atoms with E-state index in [-0.39, 0.29) is 31.0 Å². The molecule has 0 saturated carbocycles. The third-order valence-electron chi connectivity index (χ3n) is 0.999. The molecule has 1 aliphatic rings. The average Bonchev–Trinajstić information content (AvgIpc) is 2.14. The summed E-state index contributed by atoms with van der Waals surface area (Å²) < 4.78 is 4.91. The molecule has 0 fully saturated rings. The van der Waals surface area contributed by atoms with Crippen LogP contribution in [0.2, 0.25) is 0 Å². The van der Waals surface area contributed by atoms with Crippen molar-refractivity contribution in [2.24, 2.45) is 0 Å². The van der Waals surface area contributed by atoms with Crippen molar-refractivity contribution >= 4 is 0 Å². The Kier molecular flexibility index (Phi) is 4.33. The first-order chi connectivity index (χ1) is 3.43. The van der Waals surface area contributed by atoms with Gasteiger partial charge in [-0.3, -0.25) is 0 Å². The molecule has 0 aliphatic heterocycles. The number of hydrogen-bond acceptors (Lipinski definition) is 1. The van der Waals surface area contributed by atoms with Gasteiger partial charge in [0.1, 0.15) is 0 Å². The molecule has 1 nitrogen and oxygen atoms in total. The van der Waals surface area contributed by atoms with Crippen LogP contribution in [0, 0.1) is 0 Å². The van der Waals surface area contributed by atoms with Crippen LogP contribution in [0.3, 0.4) is 0 Å². The van der Waals surface area contributed by atoms with Gasteiger partial charge < -0.3 is 6.16 Å². The van der Waals surface area contributed by atoms with Gasteiger partial charge in [0.05, 0.1) is 12.9 Å². The summed E-state index contributed by atoms with van der Waals surface area (Å²) in [6.45, 7) is 0. The van der Waals surface area contributed by atoms with E-state index >= 15 is 0 Å². The molecule has 40 valence electrons. The van der Waals surface area contributed by atoms with E-state index in [4.69, 9.17) is 4.74 Å². The van der Waals surface area contributed by atoms with Gasteiger partial charge >= 0.3 is 29.6 Å². The summed E-state index contributed by atoms with van der Waals surface area (Å²) in [6, 6.07) is 0. The van der Waals surface area contributed by atoms with Crippen molar-refractivity contribution in [3.8, 4) is 0 Å². The maximum absolute atomic E-state index is 4.91. The van der Waals surface area contributed by atoms with Crippen molar-refractivity contribution in [3.05, 3.63) is 24.0 Å². The van der Waals surface area contributed by atoms with Crippen LogP contribution in [0.5, 0.6) is 0 Å². The molecule has 2 heteroatoms. The van der Waals surface area contributed by atoms with Crippen molar-refractivity contribution in [2.75, 3.05) is 7.11 Å². The standard InChI is InChI=1S/C6H8O.Na.H/c1-7-6-4-2-3-5-6;;/h2-4H,5H2,1H3;;/q;+1;-1. The van der Waals surface area contributed by atoms with Crippen LogP contribution in [0.4, 0.5) is 0 Å². The van der Waals surface area contributed by atoms with Gasteiger partial charge in [-0.25, -0.2) is 0 Å². The zero-order chi connectivity index (χ0) is 5.11. The van der Waals surface area contributed by atoms with Crippen LogP contribution in [-0.4, -0.2) is 7.11 Å². The maximum Gasteiger partial charge on any atom is 1.00 e. The maximum atomic E-state index is 4.91. The summed E-state index contributed by atoms with van der Waals surface area (Å²) in [4.78, 5) is 0. The first kappa shape index (κ1) is 8.28. The number of allylic oxidation sites excluding steroid dienone is 3. The van der Waals surface area contributed by atoms with Gasteiger partial charge in [-0.1, -0.05) is 12.2 Å². The topological polar surface area (TPSA) is 9.23 Å². The normalized spacial score (nSPS) is 14.9. The second kappa shape index (κ2) is 4.19. The third kappa shape index (κ3) is 2.03. The van der Waals surface area contributed by atoms with Gasteiger partial charge in [0, 0.05) is 6.42 Å². The van der Waals surface area contributed by atoms with Crippen LogP contribution in [-0.2, 0) is 4.74 Å². The fourth-order valence-electron chi connectivity index (χ4n) is 0.579. The molecule has 0 spiro atoms. The van der Waals surface area contributed by atoms with Gasteiger partial charge in [0.25, 0.3) is 0 Å². The Balaban J connectivity index is 0. The fraction of sp³-hybridized carbons (Fsp3) is 0.333. The van der Waals surface area contributed by atoms with Crippen molar-refractivity contribution in [1.82, 2.24) is 0 Å². The van der Waals surface area contributed by atoms with E-state index in [0.717, 1.165) is 12.2 Å². The Morgan fingerprint density at radius 2 is 2.50 bits per heavy atom. The number of ether oxygens (including phenoxy) is 1. The molecular formula is C6H9NaO. The summed E-state index contributed by atoms with van der Waals surface area (Å²) >= 11 is 0. The Morgan fingerprint density at radius 1 is 1.75 bits per heavy atom. The molecule has 0 radical (unpaired) electrons. The summed E-state index contributed by atoms with van der Waals surface area (Å²) in [5, 5.41) is 0. The summed E-state index contributed by atoms with van der Waals surface area (Å²) in [7, 11) is 1.69. The molecule has 0 bridgehead atoms. The minimum Gasteiger partial charge on any atom is -1.00 e. The number of hydrogen-bond donors (Lipinski definition) is 0. The van der Waals surface area contributed by atoms with Gasteiger partial charge in [-0.15, -0.1) is 0 Å². The van der Waals surface area contributed by atoms with E-state index in [1.807, 2.05) is 12.2 Å². The van der Waals surface area contributed by atoms with E-state index in [2.05, 4.69) is 6.08 Å². The molecule has 0 amide bonds. The quantitative estimate of drug-likeness (QED) is 0.386. The van der Waals surface area contributed by atoms with E-state index in [0.29, 0.717) is 0 Å². The Labute approximate surface area is 73.2 Å². The molecule has 0 aromatic carbocycles. The molecule has 1 aliphatic carbocycles. The zero-order valence-corrected chi connectivity index (χ0v) is 7.35. The van der Waals surface area contributed by atoms with Crippen molar-refractivity contribution in [2.45, 2.75) is 6.42 Å². The first-order valence-corrected chi connectivity index (χ1v) is 2.33. The zero-order valence-electron chi connectivity index (χ0n) is 6.35. The summed E-state index contributed by atoms with van der Waals surface area (Å²) in [5.74, 6) is 1.06. The van der Waals surface area contributed by atoms with Crippen LogP contribution in [0.15, 0.2) is 24.0 Å². The Bertz CT molecular complexity index is 120. The molecular weight excluding hydrogens is 111 g/mol. The third-order valence-corrected chi connectivity index (χ3v) is 0.999. The molecule has 0 aromatic rings. The van der Waals surface area contributed by atoms with Crippen LogP contribution < -0.4 is 29.6 Å².